The highest BCUT2D eigenvalue weighted by Gasteiger charge is 2.26. The molecule has 0 saturated heterocycles. The van der Waals surface area contributed by atoms with Gasteiger partial charge in [0.2, 0.25) is 11.0 Å². The Hall–Kier alpha value is -3.58. The molecule has 0 saturated carbocycles. The number of nitrogens with one attached hydrogen (secondary N) is 1. The van der Waals surface area contributed by atoms with Gasteiger partial charge in [-0.15, -0.1) is 10.2 Å². The van der Waals surface area contributed by atoms with Crippen molar-refractivity contribution in [2.45, 2.75) is 17.1 Å². The van der Waals surface area contributed by atoms with E-state index < -0.39 is 6.23 Å². The van der Waals surface area contributed by atoms with Crippen LogP contribution in [0.25, 0.3) is 11.3 Å². The Morgan fingerprint density at radius 2 is 1.77 bits per heavy atom. The lowest BCUT2D eigenvalue weighted by atomic mass is 10.1. The predicted octanol–water partition coefficient (Wildman–Crippen LogP) is 5.04. The Balaban J connectivity index is 1.51. The maximum Gasteiger partial charge on any atom is 0.247 e. The minimum absolute atomic E-state index is 0.176. The van der Waals surface area contributed by atoms with Gasteiger partial charge in [0.15, 0.2) is 11.9 Å². The van der Waals surface area contributed by atoms with Crippen LogP contribution in [-0.2, 0) is 5.75 Å². The lowest BCUT2D eigenvalue weighted by Gasteiger charge is -2.19. The molecule has 7 heteroatoms. The molecular formula is C23H18N4O2S. The molecule has 4 aromatic rings. The standard InChI is InChI=1S/C23H18N4O2S/c28-17-10-6-9-16(13-17)21-24-19-12-5-4-11-18(19)20-22(29-21)25-23(27-26-20)30-14-15-7-2-1-3-8-15/h1-13,21,24,28H,14H2. The van der Waals surface area contributed by atoms with E-state index in [9.17, 15) is 5.11 Å². The molecule has 0 radical (unpaired) electrons. The number of aromatic hydroxyl groups is 1. The van der Waals surface area contributed by atoms with Gasteiger partial charge in [0.25, 0.3) is 0 Å². The van der Waals surface area contributed by atoms with Gasteiger partial charge in [0.1, 0.15) is 5.75 Å². The predicted molar refractivity (Wildman–Crippen MR) is 116 cm³/mol. The molecule has 2 heterocycles. The van der Waals surface area contributed by atoms with Crippen LogP contribution in [0.4, 0.5) is 5.69 Å². The van der Waals surface area contributed by atoms with E-state index >= 15 is 0 Å². The number of fused-ring (bicyclic) bond motifs is 3. The van der Waals surface area contributed by atoms with Crippen molar-refractivity contribution in [3.63, 3.8) is 0 Å². The summed E-state index contributed by atoms with van der Waals surface area (Å²) in [6.45, 7) is 0. The van der Waals surface area contributed by atoms with Gasteiger partial charge in [-0.3, -0.25) is 0 Å². The van der Waals surface area contributed by atoms with Crippen molar-refractivity contribution in [3.05, 3.63) is 90.0 Å². The first-order valence-corrected chi connectivity index (χ1v) is 10.5. The fraction of sp³-hybridized carbons (Fsp3) is 0.0870. The lowest BCUT2D eigenvalue weighted by molar-refractivity contribution is 0.225. The molecule has 6 nitrogen and oxygen atoms in total. The zero-order valence-corrected chi connectivity index (χ0v) is 16.7. The minimum Gasteiger partial charge on any atom is -0.508 e. The fourth-order valence-electron chi connectivity index (χ4n) is 3.27. The van der Waals surface area contributed by atoms with Crippen molar-refractivity contribution in [3.8, 4) is 22.9 Å². The molecule has 30 heavy (non-hydrogen) atoms. The summed E-state index contributed by atoms with van der Waals surface area (Å²) in [6, 6.07) is 24.9. The van der Waals surface area contributed by atoms with E-state index in [4.69, 9.17) is 4.74 Å². The van der Waals surface area contributed by atoms with Crippen LogP contribution >= 0.6 is 11.8 Å². The van der Waals surface area contributed by atoms with Crippen molar-refractivity contribution in [2.75, 3.05) is 5.32 Å². The van der Waals surface area contributed by atoms with Gasteiger partial charge >= 0.3 is 0 Å². The number of hydrogen-bond acceptors (Lipinski definition) is 7. The number of ether oxygens (including phenoxy) is 1. The molecular weight excluding hydrogens is 396 g/mol. The third-order valence-corrected chi connectivity index (χ3v) is 5.63. The number of benzene rings is 3. The molecule has 1 aliphatic rings. The molecule has 0 fully saturated rings. The zero-order valence-electron chi connectivity index (χ0n) is 15.9. The van der Waals surface area contributed by atoms with Crippen LogP contribution in [0.2, 0.25) is 0 Å². The Labute approximate surface area is 178 Å². The van der Waals surface area contributed by atoms with Crippen LogP contribution < -0.4 is 10.1 Å². The number of thioether (sulfide) groups is 1. The summed E-state index contributed by atoms with van der Waals surface area (Å²) in [5, 5.41) is 22.6. The Bertz CT molecular complexity index is 1190. The topological polar surface area (TPSA) is 80.2 Å². The third-order valence-electron chi connectivity index (χ3n) is 4.72. The van der Waals surface area contributed by atoms with Gasteiger partial charge in [0.05, 0.1) is 0 Å². The first-order chi connectivity index (χ1) is 14.8. The zero-order chi connectivity index (χ0) is 20.3. The maximum atomic E-state index is 9.90. The molecule has 0 aliphatic carbocycles. The highest BCUT2D eigenvalue weighted by molar-refractivity contribution is 7.98. The van der Waals surface area contributed by atoms with Crippen LogP contribution in [0.3, 0.4) is 0 Å². The van der Waals surface area contributed by atoms with E-state index in [0.29, 0.717) is 16.7 Å². The minimum atomic E-state index is -0.525. The Morgan fingerprint density at radius 3 is 2.63 bits per heavy atom. The van der Waals surface area contributed by atoms with E-state index in [-0.39, 0.29) is 5.75 Å². The largest absolute Gasteiger partial charge is 0.508 e. The third kappa shape index (κ3) is 3.79. The molecule has 1 aliphatic heterocycles. The molecule has 0 spiro atoms. The van der Waals surface area contributed by atoms with E-state index in [1.54, 1.807) is 18.2 Å². The normalized spacial score (nSPS) is 14.6. The van der Waals surface area contributed by atoms with Crippen LogP contribution in [0.5, 0.6) is 11.6 Å². The molecule has 0 amide bonds. The van der Waals surface area contributed by atoms with Gasteiger partial charge in [-0.1, -0.05) is 72.4 Å². The summed E-state index contributed by atoms with van der Waals surface area (Å²) in [6.07, 6.45) is -0.525. The highest BCUT2D eigenvalue weighted by Crippen LogP contribution is 2.39. The summed E-state index contributed by atoms with van der Waals surface area (Å²) >= 11 is 1.51. The lowest BCUT2D eigenvalue weighted by Crippen LogP contribution is -2.17. The number of nitrogens with zero attached hydrogens (tertiary/aromatic N) is 3. The first-order valence-electron chi connectivity index (χ1n) is 9.49. The molecule has 5 rings (SSSR count). The van der Waals surface area contributed by atoms with E-state index in [1.165, 1.54) is 17.3 Å². The molecule has 3 aromatic carbocycles. The summed E-state index contributed by atoms with van der Waals surface area (Å²) in [5.74, 6) is 1.33. The Kier molecular flexibility index (Phi) is 4.94. The number of hydrogen-bond donors (Lipinski definition) is 2. The Morgan fingerprint density at radius 1 is 0.933 bits per heavy atom. The number of para-hydroxylation sites is 1. The van der Waals surface area contributed by atoms with Gasteiger partial charge in [-0.25, -0.2) is 0 Å². The fourth-order valence-corrected chi connectivity index (χ4v) is 4.00. The molecule has 1 aromatic heterocycles. The van der Waals surface area contributed by atoms with Gasteiger partial charge in [-0.2, -0.15) is 4.98 Å². The van der Waals surface area contributed by atoms with Crippen LogP contribution in [0.15, 0.2) is 84.0 Å². The van der Waals surface area contributed by atoms with Gasteiger partial charge in [-0.05, 0) is 23.8 Å². The van der Waals surface area contributed by atoms with E-state index in [2.05, 4.69) is 32.6 Å². The first kappa shape index (κ1) is 18.4. The smallest absolute Gasteiger partial charge is 0.247 e. The number of phenols is 1. The van der Waals surface area contributed by atoms with Crippen molar-refractivity contribution in [1.82, 2.24) is 15.2 Å². The maximum absolute atomic E-state index is 9.90. The van der Waals surface area contributed by atoms with E-state index in [0.717, 1.165) is 22.6 Å². The summed E-state index contributed by atoms with van der Waals surface area (Å²) in [4.78, 5) is 4.65. The number of anilines is 1. The molecule has 0 bridgehead atoms. The van der Waals surface area contributed by atoms with E-state index in [1.807, 2.05) is 48.5 Å². The molecule has 1 unspecified atom stereocenters. The van der Waals surface area contributed by atoms with Crippen LogP contribution in [-0.4, -0.2) is 20.3 Å². The van der Waals surface area contributed by atoms with Crippen LogP contribution in [0.1, 0.15) is 17.4 Å². The molecule has 148 valence electrons. The second-order valence-electron chi connectivity index (χ2n) is 6.81. The SMILES string of the molecule is Oc1cccc(C2Nc3ccccc3-c3nnc(SCc4ccccc4)nc3O2)c1. The number of phenolic OH excluding ortho intramolecular Hbond substituents is 1. The van der Waals surface area contributed by atoms with Crippen molar-refractivity contribution < 1.29 is 9.84 Å². The summed E-state index contributed by atoms with van der Waals surface area (Å²) in [7, 11) is 0. The van der Waals surface area contributed by atoms with Crippen molar-refractivity contribution in [1.29, 1.82) is 0 Å². The van der Waals surface area contributed by atoms with Crippen LogP contribution in [0, 0.1) is 0 Å². The second kappa shape index (κ2) is 8.04. The highest BCUT2D eigenvalue weighted by atomic mass is 32.2. The molecule has 2 N–H and O–H groups in total. The summed E-state index contributed by atoms with van der Waals surface area (Å²) < 4.78 is 6.22. The van der Waals surface area contributed by atoms with Crippen molar-refractivity contribution in [2.24, 2.45) is 0 Å². The van der Waals surface area contributed by atoms with Crippen molar-refractivity contribution >= 4 is 17.4 Å². The monoisotopic (exact) mass is 414 g/mol. The molecule has 1 atom stereocenters. The average Bonchev–Trinajstić information content (AvgIpc) is 2.95. The van der Waals surface area contributed by atoms with Gasteiger partial charge in [0, 0.05) is 22.6 Å². The summed E-state index contributed by atoms with van der Waals surface area (Å²) in [5.41, 5.74) is 4.30. The second-order valence-corrected chi connectivity index (χ2v) is 7.75. The number of rotatable bonds is 4. The quantitative estimate of drug-likeness (QED) is 0.453. The van der Waals surface area contributed by atoms with Gasteiger partial charge < -0.3 is 15.2 Å². The number of aromatic nitrogens is 3. The average molecular weight is 414 g/mol.